The zero-order valence-corrected chi connectivity index (χ0v) is 12.3. The van der Waals surface area contributed by atoms with Gasteiger partial charge in [0.15, 0.2) is 0 Å². The minimum atomic E-state index is -3.72. The molecule has 0 aliphatic heterocycles. The second-order valence-corrected chi connectivity index (χ2v) is 6.01. The highest BCUT2D eigenvalue weighted by Crippen LogP contribution is 2.27. The summed E-state index contributed by atoms with van der Waals surface area (Å²) in [7, 11) is -2.22. The fraction of sp³-hybridized carbons (Fsp3) is 0.0909. The van der Waals surface area contributed by atoms with Crippen LogP contribution in [0.3, 0.4) is 0 Å². The Morgan fingerprint density at radius 3 is 2.53 bits per heavy atom. The summed E-state index contributed by atoms with van der Waals surface area (Å²) in [4.78, 5) is 7.71. The topological polar surface area (TPSA) is 81.2 Å². The lowest BCUT2D eigenvalue weighted by Crippen LogP contribution is -2.14. The largest absolute Gasteiger partial charge is 0.496 e. The average Bonchev–Trinajstić information content (AvgIpc) is 2.39. The third-order valence-electron chi connectivity index (χ3n) is 2.22. The van der Waals surface area contributed by atoms with Crippen molar-refractivity contribution in [2.24, 2.45) is 0 Å². The zero-order valence-electron chi connectivity index (χ0n) is 9.87. The van der Waals surface area contributed by atoms with Crippen LogP contribution in [0.15, 0.2) is 46.0 Å². The average molecular weight is 344 g/mol. The Morgan fingerprint density at radius 1 is 1.26 bits per heavy atom. The second-order valence-electron chi connectivity index (χ2n) is 3.47. The van der Waals surface area contributed by atoms with Crippen LogP contribution in [0.4, 0.5) is 5.95 Å². The number of hydrogen-bond donors (Lipinski definition) is 1. The van der Waals surface area contributed by atoms with Gasteiger partial charge in [-0.15, -0.1) is 0 Å². The van der Waals surface area contributed by atoms with Crippen molar-refractivity contribution in [1.29, 1.82) is 0 Å². The lowest BCUT2D eigenvalue weighted by molar-refractivity contribution is 0.411. The molecule has 0 unspecified atom stereocenters. The molecule has 1 heterocycles. The molecule has 0 amide bonds. The highest BCUT2D eigenvalue weighted by atomic mass is 79.9. The van der Waals surface area contributed by atoms with Crippen LogP contribution in [-0.2, 0) is 10.0 Å². The third-order valence-corrected chi connectivity index (χ3v) is 4.17. The molecule has 0 radical (unpaired) electrons. The fourth-order valence-corrected chi connectivity index (χ4v) is 3.02. The summed E-state index contributed by atoms with van der Waals surface area (Å²) in [5.41, 5.74) is 0. The van der Waals surface area contributed by atoms with Gasteiger partial charge in [-0.05, 0) is 40.2 Å². The number of ether oxygens (including phenoxy) is 1. The Hall–Kier alpha value is -1.67. The molecule has 100 valence electrons. The maximum atomic E-state index is 12.1. The summed E-state index contributed by atoms with van der Waals surface area (Å²) in [5, 5.41) is 0. The van der Waals surface area contributed by atoms with Crippen molar-refractivity contribution >= 4 is 31.9 Å². The van der Waals surface area contributed by atoms with Crippen LogP contribution in [0, 0.1) is 0 Å². The van der Waals surface area contributed by atoms with Gasteiger partial charge < -0.3 is 4.74 Å². The summed E-state index contributed by atoms with van der Waals surface area (Å²) in [6, 6.07) is 6.05. The van der Waals surface area contributed by atoms with Crippen molar-refractivity contribution in [1.82, 2.24) is 9.97 Å². The van der Waals surface area contributed by atoms with E-state index in [2.05, 4.69) is 30.6 Å². The zero-order chi connectivity index (χ0) is 13.9. The van der Waals surface area contributed by atoms with E-state index in [0.717, 1.165) is 0 Å². The molecule has 1 aromatic heterocycles. The van der Waals surface area contributed by atoms with Crippen molar-refractivity contribution in [3.63, 3.8) is 0 Å². The van der Waals surface area contributed by atoms with E-state index >= 15 is 0 Å². The van der Waals surface area contributed by atoms with Gasteiger partial charge in [-0.3, -0.25) is 0 Å². The predicted molar refractivity (Wildman–Crippen MR) is 73.5 cm³/mol. The molecular formula is C11H10BrN3O3S. The molecule has 0 aliphatic carbocycles. The Bertz CT molecular complexity index is 677. The molecule has 8 heteroatoms. The van der Waals surface area contributed by atoms with E-state index < -0.39 is 10.0 Å². The van der Waals surface area contributed by atoms with Gasteiger partial charge in [0, 0.05) is 12.4 Å². The number of anilines is 1. The van der Waals surface area contributed by atoms with Crippen LogP contribution >= 0.6 is 15.9 Å². The van der Waals surface area contributed by atoms with Gasteiger partial charge in [0.1, 0.15) is 5.75 Å². The number of benzene rings is 1. The molecule has 2 aromatic rings. The maximum Gasteiger partial charge on any atom is 0.264 e. The van der Waals surface area contributed by atoms with Gasteiger partial charge >= 0.3 is 0 Å². The fourth-order valence-electron chi connectivity index (χ4n) is 1.35. The molecule has 0 fully saturated rings. The van der Waals surface area contributed by atoms with Crippen molar-refractivity contribution in [3.05, 3.63) is 41.1 Å². The lowest BCUT2D eigenvalue weighted by atomic mass is 10.3. The summed E-state index contributed by atoms with van der Waals surface area (Å²) >= 11 is 3.24. The molecule has 0 saturated heterocycles. The summed E-state index contributed by atoms with van der Waals surface area (Å²) in [6.07, 6.45) is 2.91. The van der Waals surface area contributed by atoms with E-state index in [-0.39, 0.29) is 10.8 Å². The first-order valence-corrected chi connectivity index (χ1v) is 7.44. The van der Waals surface area contributed by atoms with Crippen molar-refractivity contribution in [3.8, 4) is 5.75 Å². The Balaban J connectivity index is 2.32. The molecule has 1 aromatic carbocycles. The smallest absolute Gasteiger partial charge is 0.264 e. The van der Waals surface area contributed by atoms with Crippen LogP contribution in [0.1, 0.15) is 0 Å². The molecule has 19 heavy (non-hydrogen) atoms. The van der Waals surface area contributed by atoms with Crippen molar-refractivity contribution in [2.45, 2.75) is 4.90 Å². The van der Waals surface area contributed by atoms with Gasteiger partial charge in [0.25, 0.3) is 10.0 Å². The van der Waals surface area contributed by atoms with E-state index in [0.29, 0.717) is 10.2 Å². The van der Waals surface area contributed by atoms with Gasteiger partial charge in [0.05, 0.1) is 16.5 Å². The van der Waals surface area contributed by atoms with Gasteiger partial charge in [-0.25, -0.2) is 23.1 Å². The van der Waals surface area contributed by atoms with Gasteiger partial charge in [-0.1, -0.05) is 0 Å². The van der Waals surface area contributed by atoms with Crippen LogP contribution in [0.5, 0.6) is 5.75 Å². The highest BCUT2D eigenvalue weighted by Gasteiger charge is 2.17. The van der Waals surface area contributed by atoms with E-state index in [1.165, 1.54) is 31.6 Å². The standard InChI is InChI=1S/C11H10BrN3O3S/c1-18-10-4-3-8(7-9(10)12)19(16,17)15-11-13-5-2-6-14-11/h2-7H,1H3,(H,13,14,15). The molecule has 0 spiro atoms. The summed E-state index contributed by atoms with van der Waals surface area (Å²) < 4.78 is 32.1. The van der Waals surface area contributed by atoms with Crippen LogP contribution in [0.25, 0.3) is 0 Å². The predicted octanol–water partition coefficient (Wildman–Crippen LogP) is 2.05. The second kappa shape index (κ2) is 5.54. The molecule has 1 N–H and O–H groups in total. The number of nitrogens with zero attached hydrogens (tertiary/aromatic N) is 2. The molecule has 6 nitrogen and oxygen atoms in total. The SMILES string of the molecule is COc1ccc(S(=O)(=O)Nc2ncccn2)cc1Br. The van der Waals surface area contributed by atoms with E-state index in [4.69, 9.17) is 4.74 Å². The summed E-state index contributed by atoms with van der Waals surface area (Å²) in [6.45, 7) is 0. The molecular weight excluding hydrogens is 334 g/mol. The maximum absolute atomic E-state index is 12.1. The lowest BCUT2D eigenvalue weighted by Gasteiger charge is -2.08. The first kappa shape index (κ1) is 13.8. The van der Waals surface area contributed by atoms with Crippen molar-refractivity contribution < 1.29 is 13.2 Å². The summed E-state index contributed by atoms with van der Waals surface area (Å²) in [5.74, 6) is 0.573. The number of nitrogens with one attached hydrogen (secondary N) is 1. The Labute approximate surface area is 119 Å². The molecule has 0 aliphatic rings. The van der Waals surface area contributed by atoms with Crippen LogP contribution in [-0.4, -0.2) is 25.5 Å². The quantitative estimate of drug-likeness (QED) is 0.918. The molecule has 0 saturated carbocycles. The van der Waals surface area contributed by atoms with E-state index in [9.17, 15) is 8.42 Å². The number of methoxy groups -OCH3 is 1. The monoisotopic (exact) mass is 343 g/mol. The van der Waals surface area contributed by atoms with Gasteiger partial charge in [-0.2, -0.15) is 0 Å². The van der Waals surface area contributed by atoms with Crippen LogP contribution < -0.4 is 9.46 Å². The van der Waals surface area contributed by atoms with Gasteiger partial charge in [0.2, 0.25) is 5.95 Å². The normalized spacial score (nSPS) is 11.1. The molecule has 0 bridgehead atoms. The number of hydrogen-bond acceptors (Lipinski definition) is 5. The first-order valence-electron chi connectivity index (χ1n) is 5.16. The number of aromatic nitrogens is 2. The van der Waals surface area contributed by atoms with E-state index in [1.807, 2.05) is 0 Å². The molecule has 2 rings (SSSR count). The number of rotatable bonds is 4. The first-order chi connectivity index (χ1) is 9.03. The van der Waals surface area contributed by atoms with Crippen molar-refractivity contribution in [2.75, 3.05) is 11.8 Å². The molecule has 0 atom stereocenters. The third kappa shape index (κ3) is 3.21. The Morgan fingerprint density at radius 2 is 1.95 bits per heavy atom. The minimum absolute atomic E-state index is 0.0226. The van der Waals surface area contributed by atoms with E-state index in [1.54, 1.807) is 12.1 Å². The Kier molecular flexibility index (Phi) is 4.01. The van der Waals surface area contributed by atoms with Crippen LogP contribution in [0.2, 0.25) is 0 Å². The number of halogens is 1. The minimum Gasteiger partial charge on any atom is -0.496 e. The number of sulfonamides is 1. The highest BCUT2D eigenvalue weighted by molar-refractivity contribution is 9.10.